The zero-order valence-corrected chi connectivity index (χ0v) is 17.3. The van der Waals surface area contributed by atoms with E-state index in [0.29, 0.717) is 41.6 Å². The molecule has 0 unspecified atom stereocenters. The van der Waals surface area contributed by atoms with Crippen molar-refractivity contribution in [2.24, 2.45) is 0 Å². The van der Waals surface area contributed by atoms with Crippen LogP contribution in [0.5, 0.6) is 17.2 Å². The number of H-pyrrole nitrogens is 1. The Morgan fingerprint density at radius 1 is 1.07 bits per heavy atom. The smallest absolute Gasteiger partial charge is 0.270 e. The zero-order valence-electron chi connectivity index (χ0n) is 17.3. The molecule has 0 saturated carbocycles. The van der Waals surface area contributed by atoms with Crippen molar-refractivity contribution in [2.45, 2.75) is 13.5 Å². The second kappa shape index (κ2) is 9.00. The van der Waals surface area contributed by atoms with Gasteiger partial charge in [-0.25, -0.2) is 0 Å². The summed E-state index contributed by atoms with van der Waals surface area (Å²) in [7, 11) is 4.82. The molecule has 1 aliphatic rings. The number of nitrogens with one attached hydrogen (secondary N) is 2. The van der Waals surface area contributed by atoms with Gasteiger partial charge < -0.3 is 29.0 Å². The van der Waals surface area contributed by atoms with Crippen LogP contribution in [-0.2, 0) is 6.54 Å². The van der Waals surface area contributed by atoms with Crippen molar-refractivity contribution in [1.29, 1.82) is 0 Å². The first-order chi connectivity index (χ1) is 14.0. The number of aromatic nitrogens is 1. The van der Waals surface area contributed by atoms with Gasteiger partial charge in [-0.2, -0.15) is 0 Å². The number of nitrogens with zero attached hydrogens (tertiary/aromatic N) is 1. The first-order valence-corrected chi connectivity index (χ1v) is 9.58. The highest BCUT2D eigenvalue weighted by atomic mass is 16.5. The van der Waals surface area contributed by atoms with Crippen LogP contribution in [0, 0.1) is 0 Å². The summed E-state index contributed by atoms with van der Waals surface area (Å²) in [5.74, 6) is 1.78. The molecule has 0 spiro atoms. The molecule has 2 heterocycles. The molecular weight excluding hydrogens is 374 g/mol. The fourth-order valence-electron chi connectivity index (χ4n) is 3.67. The summed E-state index contributed by atoms with van der Waals surface area (Å²) in [6.45, 7) is 5.20. The van der Waals surface area contributed by atoms with Gasteiger partial charge in [0.1, 0.15) is 12.2 Å². The topological polar surface area (TPSA) is 85.3 Å². The summed E-state index contributed by atoms with van der Waals surface area (Å²) < 4.78 is 16.4. The van der Waals surface area contributed by atoms with Crippen molar-refractivity contribution in [2.75, 3.05) is 47.5 Å². The number of hydrogen-bond acceptors (Lipinski definition) is 5. The Hall–Kier alpha value is -3.00. The van der Waals surface area contributed by atoms with Crippen LogP contribution in [0.3, 0.4) is 0 Å². The van der Waals surface area contributed by atoms with Crippen LogP contribution < -0.4 is 19.1 Å². The molecular formula is C21H28N3O5+. The van der Waals surface area contributed by atoms with E-state index in [0.717, 1.165) is 25.2 Å². The van der Waals surface area contributed by atoms with Gasteiger partial charge in [0.2, 0.25) is 5.75 Å². The van der Waals surface area contributed by atoms with Crippen LogP contribution in [0.15, 0.2) is 24.4 Å². The summed E-state index contributed by atoms with van der Waals surface area (Å²) in [5.41, 5.74) is 2.02. The lowest BCUT2D eigenvalue weighted by molar-refractivity contribution is -0.917. The number of rotatable bonds is 7. The SMILES string of the molecule is COc1ccc(C[NH+]2CCN(C(=O)c3cc(C(C)=O)c[nH]3)CC2)c(OC)c1OC. The molecule has 1 amide bonds. The van der Waals surface area contributed by atoms with Crippen molar-refractivity contribution in [3.63, 3.8) is 0 Å². The third-order valence-electron chi connectivity index (χ3n) is 5.30. The highest BCUT2D eigenvalue weighted by molar-refractivity contribution is 5.99. The van der Waals surface area contributed by atoms with Crippen LogP contribution in [0.4, 0.5) is 0 Å². The van der Waals surface area contributed by atoms with E-state index in [1.807, 2.05) is 17.0 Å². The first kappa shape index (κ1) is 20.7. The first-order valence-electron chi connectivity index (χ1n) is 9.58. The van der Waals surface area contributed by atoms with Crippen LogP contribution in [0.1, 0.15) is 33.3 Å². The molecule has 8 nitrogen and oxygen atoms in total. The Morgan fingerprint density at radius 2 is 1.76 bits per heavy atom. The number of ketones is 1. The Labute approximate surface area is 170 Å². The van der Waals surface area contributed by atoms with Gasteiger partial charge in [0.05, 0.1) is 53.1 Å². The summed E-state index contributed by atoms with van der Waals surface area (Å²) >= 11 is 0. The number of ether oxygens (including phenoxy) is 3. The van der Waals surface area contributed by atoms with E-state index in [1.165, 1.54) is 11.8 Å². The second-order valence-electron chi connectivity index (χ2n) is 7.07. The molecule has 0 bridgehead atoms. The highest BCUT2D eigenvalue weighted by Crippen LogP contribution is 2.39. The minimum absolute atomic E-state index is 0.0570. The highest BCUT2D eigenvalue weighted by Gasteiger charge is 2.27. The summed E-state index contributed by atoms with van der Waals surface area (Å²) in [6, 6.07) is 5.50. The average Bonchev–Trinajstić information content (AvgIpc) is 3.24. The second-order valence-corrected chi connectivity index (χ2v) is 7.07. The minimum atomic E-state index is -0.0692. The molecule has 0 aliphatic carbocycles. The van der Waals surface area contributed by atoms with E-state index in [-0.39, 0.29) is 11.7 Å². The Balaban J connectivity index is 1.64. The van der Waals surface area contributed by atoms with Crippen molar-refractivity contribution < 1.29 is 28.7 Å². The van der Waals surface area contributed by atoms with Crippen molar-refractivity contribution >= 4 is 11.7 Å². The molecule has 0 atom stereocenters. The molecule has 2 aromatic rings. The standard InChI is InChI=1S/C21H27N3O5/c1-14(25)16-11-17(22-12-16)21(26)24-9-7-23(8-10-24)13-15-5-6-18(27-2)20(29-4)19(15)28-3/h5-6,11-12,22H,7-10,13H2,1-4H3/p+1. The predicted molar refractivity (Wildman–Crippen MR) is 107 cm³/mol. The zero-order chi connectivity index (χ0) is 21.0. The minimum Gasteiger partial charge on any atom is -0.493 e. The molecule has 2 N–H and O–H groups in total. The molecule has 0 radical (unpaired) electrons. The van der Waals surface area contributed by atoms with Crippen LogP contribution in [-0.4, -0.2) is 69.1 Å². The van der Waals surface area contributed by atoms with E-state index < -0.39 is 0 Å². The summed E-state index contributed by atoms with van der Waals surface area (Å²) in [4.78, 5) is 30.2. The molecule has 1 aliphatic heterocycles. The Kier molecular flexibility index (Phi) is 6.43. The molecule has 1 fully saturated rings. The third-order valence-corrected chi connectivity index (χ3v) is 5.30. The lowest BCUT2D eigenvalue weighted by atomic mass is 10.1. The number of aromatic amines is 1. The summed E-state index contributed by atoms with van der Waals surface area (Å²) in [6.07, 6.45) is 1.58. The number of methoxy groups -OCH3 is 3. The lowest BCUT2D eigenvalue weighted by Crippen LogP contribution is -3.13. The van der Waals surface area contributed by atoms with Crippen LogP contribution in [0.25, 0.3) is 0 Å². The van der Waals surface area contributed by atoms with Crippen molar-refractivity contribution in [3.8, 4) is 17.2 Å². The number of carbonyl (C=O) groups is 2. The number of amides is 1. The lowest BCUT2D eigenvalue weighted by Gasteiger charge is -2.32. The van der Waals surface area contributed by atoms with E-state index >= 15 is 0 Å². The molecule has 1 aromatic carbocycles. The van der Waals surface area contributed by atoms with Gasteiger partial charge in [0.25, 0.3) is 5.91 Å². The predicted octanol–water partition coefficient (Wildman–Crippen LogP) is 0.784. The molecule has 156 valence electrons. The van der Waals surface area contributed by atoms with E-state index in [4.69, 9.17) is 14.2 Å². The quantitative estimate of drug-likeness (QED) is 0.669. The molecule has 29 heavy (non-hydrogen) atoms. The van der Waals surface area contributed by atoms with E-state index in [1.54, 1.807) is 33.6 Å². The number of benzene rings is 1. The van der Waals surface area contributed by atoms with Gasteiger partial charge in [-0.3, -0.25) is 9.59 Å². The normalized spacial score (nSPS) is 14.6. The molecule has 1 aromatic heterocycles. The van der Waals surface area contributed by atoms with Gasteiger partial charge in [0.15, 0.2) is 17.3 Å². The van der Waals surface area contributed by atoms with E-state index in [2.05, 4.69) is 4.98 Å². The van der Waals surface area contributed by atoms with Crippen LogP contribution in [0.2, 0.25) is 0 Å². The van der Waals surface area contributed by atoms with Gasteiger partial charge in [-0.1, -0.05) is 0 Å². The maximum atomic E-state index is 12.7. The maximum Gasteiger partial charge on any atom is 0.270 e. The van der Waals surface area contributed by atoms with Crippen molar-refractivity contribution in [3.05, 3.63) is 41.2 Å². The number of Topliss-reactive ketones (excluding diaryl/α,β-unsaturated/α-hetero) is 1. The fourth-order valence-corrected chi connectivity index (χ4v) is 3.67. The fraction of sp³-hybridized carbons (Fsp3) is 0.429. The number of hydrogen-bond donors (Lipinski definition) is 2. The van der Waals surface area contributed by atoms with Gasteiger partial charge in [-0.15, -0.1) is 0 Å². The molecule has 8 heteroatoms. The van der Waals surface area contributed by atoms with E-state index in [9.17, 15) is 9.59 Å². The Morgan fingerprint density at radius 3 is 2.31 bits per heavy atom. The summed E-state index contributed by atoms with van der Waals surface area (Å²) in [5, 5.41) is 0. The maximum absolute atomic E-state index is 12.7. The molecule has 3 rings (SSSR count). The molecule has 1 saturated heterocycles. The van der Waals surface area contributed by atoms with Gasteiger partial charge in [-0.05, 0) is 25.1 Å². The Bertz CT molecular complexity index is 884. The largest absolute Gasteiger partial charge is 0.493 e. The number of quaternary nitrogens is 1. The number of carbonyl (C=O) groups excluding carboxylic acids is 2. The van der Waals surface area contributed by atoms with Gasteiger partial charge in [0, 0.05) is 11.8 Å². The monoisotopic (exact) mass is 402 g/mol. The third kappa shape index (κ3) is 4.37. The van der Waals surface area contributed by atoms with Crippen LogP contribution >= 0.6 is 0 Å². The van der Waals surface area contributed by atoms with Crippen molar-refractivity contribution in [1.82, 2.24) is 9.88 Å². The average molecular weight is 402 g/mol. The number of piperazine rings is 1. The van der Waals surface area contributed by atoms with Gasteiger partial charge >= 0.3 is 0 Å².